The van der Waals surface area contributed by atoms with E-state index in [-0.39, 0.29) is 12.5 Å². The molecular weight excluding hydrogens is 300 g/mol. The summed E-state index contributed by atoms with van der Waals surface area (Å²) in [4.78, 5) is 11.4. The number of carbonyl (C=O) groups is 1. The zero-order valence-corrected chi connectivity index (χ0v) is 14.3. The van der Waals surface area contributed by atoms with Crippen LogP contribution in [-0.4, -0.2) is 18.6 Å². The van der Waals surface area contributed by atoms with E-state index < -0.39 is 0 Å². The van der Waals surface area contributed by atoms with Gasteiger partial charge in [-0.05, 0) is 74.0 Å². The van der Waals surface area contributed by atoms with E-state index in [1.54, 1.807) is 0 Å². The van der Waals surface area contributed by atoms with E-state index in [4.69, 9.17) is 4.74 Å². The van der Waals surface area contributed by atoms with Crippen molar-refractivity contribution >= 4 is 11.6 Å². The average Bonchev–Trinajstić information content (AvgIpc) is 3.27. The molecule has 4 nitrogen and oxygen atoms in total. The van der Waals surface area contributed by atoms with E-state index in [9.17, 15) is 4.79 Å². The fraction of sp³-hybridized carbons (Fsp3) is 0.650. The lowest BCUT2D eigenvalue weighted by Gasteiger charge is -2.34. The molecule has 4 heteroatoms. The first kappa shape index (κ1) is 14.8. The van der Waals surface area contributed by atoms with E-state index >= 15 is 0 Å². The van der Waals surface area contributed by atoms with Gasteiger partial charge in [0.25, 0.3) is 5.91 Å². The van der Waals surface area contributed by atoms with E-state index in [1.807, 2.05) is 6.07 Å². The van der Waals surface area contributed by atoms with Gasteiger partial charge in [-0.25, -0.2) is 0 Å². The molecule has 0 saturated heterocycles. The number of ether oxygens (including phenoxy) is 1. The predicted octanol–water partition coefficient (Wildman–Crippen LogP) is 3.49. The number of rotatable bonds is 3. The zero-order chi connectivity index (χ0) is 16.3. The first-order valence-corrected chi connectivity index (χ1v) is 9.51. The van der Waals surface area contributed by atoms with Crippen molar-refractivity contribution in [1.82, 2.24) is 5.32 Å². The molecule has 1 aliphatic heterocycles. The highest BCUT2D eigenvalue weighted by atomic mass is 16.5. The number of fused-ring (bicyclic) bond motifs is 6. The summed E-state index contributed by atoms with van der Waals surface area (Å²) < 4.78 is 5.56. The molecule has 1 amide bonds. The molecule has 128 valence electrons. The van der Waals surface area contributed by atoms with Crippen molar-refractivity contribution in [3.8, 4) is 5.75 Å². The first-order valence-electron chi connectivity index (χ1n) is 9.51. The van der Waals surface area contributed by atoms with Gasteiger partial charge in [-0.3, -0.25) is 4.79 Å². The van der Waals surface area contributed by atoms with Crippen LogP contribution in [0.5, 0.6) is 5.75 Å². The Labute approximate surface area is 143 Å². The molecule has 0 radical (unpaired) electrons. The maximum absolute atomic E-state index is 11.4. The lowest BCUT2D eigenvalue weighted by atomic mass is 9.79. The smallest absolute Gasteiger partial charge is 0.262 e. The molecule has 5 rings (SSSR count). The van der Waals surface area contributed by atoms with Crippen molar-refractivity contribution in [3.63, 3.8) is 0 Å². The van der Waals surface area contributed by atoms with Crippen molar-refractivity contribution in [2.24, 2.45) is 23.7 Å². The molecule has 1 aromatic carbocycles. The van der Waals surface area contributed by atoms with Crippen LogP contribution in [0.15, 0.2) is 18.2 Å². The fourth-order valence-electron chi connectivity index (χ4n) is 6.04. The van der Waals surface area contributed by atoms with Gasteiger partial charge in [0, 0.05) is 12.1 Å². The highest BCUT2D eigenvalue weighted by Gasteiger charge is 2.53. The summed E-state index contributed by atoms with van der Waals surface area (Å²) in [7, 11) is 0. The van der Waals surface area contributed by atoms with Gasteiger partial charge in [0.15, 0.2) is 6.61 Å². The molecule has 2 bridgehead atoms. The molecule has 1 heterocycles. The third-order valence-corrected chi connectivity index (χ3v) is 7.03. The molecule has 3 saturated carbocycles. The van der Waals surface area contributed by atoms with Crippen LogP contribution in [0.2, 0.25) is 0 Å². The Balaban J connectivity index is 1.29. The first-order chi connectivity index (χ1) is 11.7. The maximum atomic E-state index is 11.4. The van der Waals surface area contributed by atoms with Crippen LogP contribution in [0.3, 0.4) is 0 Å². The van der Waals surface area contributed by atoms with Crippen molar-refractivity contribution in [1.29, 1.82) is 0 Å². The second kappa shape index (κ2) is 5.48. The monoisotopic (exact) mass is 326 g/mol. The van der Waals surface area contributed by atoms with Gasteiger partial charge in [0.1, 0.15) is 5.75 Å². The molecule has 1 aromatic rings. The summed E-state index contributed by atoms with van der Waals surface area (Å²) in [5, 5.41) is 6.77. The van der Waals surface area contributed by atoms with Crippen LogP contribution in [0.4, 0.5) is 5.69 Å². The molecule has 3 aliphatic carbocycles. The number of carbonyl (C=O) groups excluding carboxylic acids is 1. The molecule has 2 N–H and O–H groups in total. The van der Waals surface area contributed by atoms with Gasteiger partial charge < -0.3 is 15.4 Å². The third kappa shape index (κ3) is 2.26. The number of benzene rings is 1. The van der Waals surface area contributed by atoms with Crippen LogP contribution < -0.4 is 15.4 Å². The number of hydrogen-bond donors (Lipinski definition) is 2. The summed E-state index contributed by atoms with van der Waals surface area (Å²) in [6.45, 7) is 2.37. The van der Waals surface area contributed by atoms with E-state index in [2.05, 4.69) is 29.7 Å². The Morgan fingerprint density at radius 1 is 1.21 bits per heavy atom. The topological polar surface area (TPSA) is 50.4 Å². The van der Waals surface area contributed by atoms with Gasteiger partial charge in [-0.1, -0.05) is 12.5 Å². The van der Waals surface area contributed by atoms with Gasteiger partial charge in [-0.15, -0.1) is 0 Å². The van der Waals surface area contributed by atoms with E-state index in [1.165, 1.54) is 37.7 Å². The van der Waals surface area contributed by atoms with E-state index in [0.29, 0.717) is 12.1 Å². The van der Waals surface area contributed by atoms with Gasteiger partial charge in [-0.2, -0.15) is 0 Å². The zero-order valence-electron chi connectivity index (χ0n) is 14.3. The Morgan fingerprint density at radius 3 is 3.00 bits per heavy atom. The van der Waals surface area contributed by atoms with Crippen molar-refractivity contribution in [2.75, 3.05) is 11.9 Å². The second-order valence-corrected chi connectivity index (χ2v) is 8.24. The Hall–Kier alpha value is -1.55. The molecule has 6 atom stereocenters. The standard InChI is InChI=1S/C20H26N2O2/c1-11(12-5-6-17-19(9-12)24-10-20(23)22-17)21-18-8-13-7-16(18)15-4-2-3-14(13)15/h5-6,9,11,13-16,18,21H,2-4,7-8,10H2,1H3,(H,22,23). The van der Waals surface area contributed by atoms with Crippen LogP contribution in [0.25, 0.3) is 0 Å². The molecule has 4 aliphatic rings. The second-order valence-electron chi connectivity index (χ2n) is 8.24. The largest absolute Gasteiger partial charge is 0.482 e. The summed E-state index contributed by atoms with van der Waals surface area (Å²) in [5.74, 6) is 4.64. The summed E-state index contributed by atoms with van der Waals surface area (Å²) in [6.07, 6.45) is 7.23. The van der Waals surface area contributed by atoms with Crippen LogP contribution in [0.1, 0.15) is 50.6 Å². The summed E-state index contributed by atoms with van der Waals surface area (Å²) in [5.41, 5.74) is 2.03. The summed E-state index contributed by atoms with van der Waals surface area (Å²) >= 11 is 0. The minimum atomic E-state index is -0.0745. The predicted molar refractivity (Wildman–Crippen MR) is 93.0 cm³/mol. The number of hydrogen-bond acceptors (Lipinski definition) is 3. The van der Waals surface area contributed by atoms with Crippen LogP contribution in [0, 0.1) is 23.7 Å². The Bertz CT molecular complexity index is 674. The molecule has 0 aromatic heterocycles. The van der Waals surface area contributed by atoms with Gasteiger partial charge >= 0.3 is 0 Å². The van der Waals surface area contributed by atoms with E-state index in [0.717, 1.165) is 35.1 Å². The lowest BCUT2D eigenvalue weighted by Crippen LogP contribution is -2.40. The van der Waals surface area contributed by atoms with Crippen molar-refractivity contribution in [2.45, 2.75) is 51.1 Å². The molecule has 24 heavy (non-hydrogen) atoms. The highest BCUT2D eigenvalue weighted by molar-refractivity contribution is 5.95. The number of anilines is 1. The third-order valence-electron chi connectivity index (χ3n) is 7.03. The fourth-order valence-corrected chi connectivity index (χ4v) is 6.04. The minimum Gasteiger partial charge on any atom is -0.482 e. The molecule has 3 fully saturated rings. The minimum absolute atomic E-state index is 0.0745. The molecule has 6 unspecified atom stereocenters. The number of amides is 1. The van der Waals surface area contributed by atoms with Crippen LogP contribution >= 0.6 is 0 Å². The van der Waals surface area contributed by atoms with Gasteiger partial charge in [0.05, 0.1) is 5.69 Å². The number of nitrogens with one attached hydrogen (secondary N) is 2. The Morgan fingerprint density at radius 2 is 2.08 bits per heavy atom. The normalized spacial score (nSPS) is 37.5. The molecular formula is C20H26N2O2. The quantitative estimate of drug-likeness (QED) is 0.894. The summed E-state index contributed by atoms with van der Waals surface area (Å²) in [6, 6.07) is 7.16. The highest BCUT2D eigenvalue weighted by Crippen LogP contribution is 2.58. The lowest BCUT2D eigenvalue weighted by molar-refractivity contribution is -0.118. The van der Waals surface area contributed by atoms with Crippen LogP contribution in [-0.2, 0) is 4.79 Å². The Kier molecular flexibility index (Phi) is 3.37. The van der Waals surface area contributed by atoms with Gasteiger partial charge in [0.2, 0.25) is 0 Å². The maximum Gasteiger partial charge on any atom is 0.262 e. The SMILES string of the molecule is CC(NC1CC2CC1C1CCCC21)c1ccc2c(c1)OCC(=O)N2. The van der Waals surface area contributed by atoms with Crippen molar-refractivity contribution < 1.29 is 9.53 Å². The average molecular weight is 326 g/mol. The molecule has 0 spiro atoms. The van der Waals surface area contributed by atoms with Crippen molar-refractivity contribution in [3.05, 3.63) is 23.8 Å².